The second-order valence-corrected chi connectivity index (χ2v) is 4.47. The molecule has 1 rings (SSSR count). The molecule has 4 atom stereocenters. The molecule has 88 valence electrons. The van der Waals surface area contributed by atoms with E-state index in [9.17, 15) is 4.79 Å². The second kappa shape index (κ2) is 5.47. The molecule has 0 radical (unpaired) electrons. The van der Waals surface area contributed by atoms with Crippen LogP contribution in [0.3, 0.4) is 0 Å². The largest absolute Gasteiger partial charge is 0.379 e. The van der Waals surface area contributed by atoms with Crippen LogP contribution < -0.4 is 11.1 Å². The molecule has 4 nitrogen and oxygen atoms in total. The summed E-state index contributed by atoms with van der Waals surface area (Å²) in [6.07, 6.45) is 3.34. The number of hydrogen-bond acceptors (Lipinski definition) is 3. The van der Waals surface area contributed by atoms with Crippen LogP contribution in [0.25, 0.3) is 0 Å². The minimum absolute atomic E-state index is 0.0407. The van der Waals surface area contributed by atoms with Gasteiger partial charge in [-0.1, -0.05) is 6.92 Å². The van der Waals surface area contributed by atoms with Crippen molar-refractivity contribution >= 4 is 5.91 Å². The molecule has 1 amide bonds. The number of rotatable bonds is 4. The molecule has 4 heteroatoms. The minimum atomic E-state index is -0.136. The average Bonchev–Trinajstić information content (AvgIpc) is 2.63. The van der Waals surface area contributed by atoms with Gasteiger partial charge in [-0.25, -0.2) is 0 Å². The fourth-order valence-corrected chi connectivity index (χ4v) is 1.93. The zero-order chi connectivity index (χ0) is 11.4. The molecule has 1 aliphatic carbocycles. The molecule has 0 spiro atoms. The number of carbonyl (C=O) groups excluding carboxylic acids is 1. The quantitative estimate of drug-likeness (QED) is 0.722. The van der Waals surface area contributed by atoms with Crippen LogP contribution in [0.4, 0.5) is 0 Å². The maximum Gasteiger partial charge on any atom is 0.224 e. The molecule has 3 N–H and O–H groups in total. The Morgan fingerprint density at radius 1 is 1.47 bits per heavy atom. The van der Waals surface area contributed by atoms with Gasteiger partial charge in [0.2, 0.25) is 5.91 Å². The zero-order valence-corrected chi connectivity index (χ0v) is 9.82. The molecule has 0 aromatic rings. The predicted molar refractivity (Wildman–Crippen MR) is 59.4 cm³/mol. The van der Waals surface area contributed by atoms with E-state index in [0.717, 1.165) is 19.3 Å². The summed E-state index contributed by atoms with van der Waals surface area (Å²) in [5, 5.41) is 3.02. The first-order valence-electron chi connectivity index (χ1n) is 5.65. The fourth-order valence-electron chi connectivity index (χ4n) is 1.93. The number of amides is 1. The van der Waals surface area contributed by atoms with Crippen LogP contribution in [0.1, 0.15) is 33.1 Å². The van der Waals surface area contributed by atoms with E-state index in [0.29, 0.717) is 0 Å². The van der Waals surface area contributed by atoms with Crippen molar-refractivity contribution in [1.82, 2.24) is 5.32 Å². The average molecular weight is 214 g/mol. The van der Waals surface area contributed by atoms with E-state index in [2.05, 4.69) is 5.32 Å². The SMILES string of the molecule is COC1CCCC1NC(=O)C(C)C(C)N. The summed E-state index contributed by atoms with van der Waals surface area (Å²) in [5.41, 5.74) is 5.69. The summed E-state index contributed by atoms with van der Waals surface area (Å²) in [7, 11) is 1.70. The van der Waals surface area contributed by atoms with Gasteiger partial charge in [-0.3, -0.25) is 4.79 Å². The van der Waals surface area contributed by atoms with Crippen molar-refractivity contribution in [2.24, 2.45) is 11.7 Å². The van der Waals surface area contributed by atoms with Crippen molar-refractivity contribution < 1.29 is 9.53 Å². The van der Waals surface area contributed by atoms with E-state index >= 15 is 0 Å². The molecule has 4 unspecified atom stereocenters. The van der Waals surface area contributed by atoms with Gasteiger partial charge in [0.25, 0.3) is 0 Å². The predicted octanol–water partition coefficient (Wildman–Crippen LogP) is 0.653. The lowest BCUT2D eigenvalue weighted by atomic mass is 10.0. The van der Waals surface area contributed by atoms with Crippen molar-refractivity contribution in [3.63, 3.8) is 0 Å². The van der Waals surface area contributed by atoms with Crippen LogP contribution in [0.15, 0.2) is 0 Å². The number of ether oxygens (including phenoxy) is 1. The summed E-state index contributed by atoms with van der Waals surface area (Å²) < 4.78 is 5.32. The lowest BCUT2D eigenvalue weighted by Crippen LogP contribution is -2.46. The van der Waals surface area contributed by atoms with E-state index in [4.69, 9.17) is 10.5 Å². The van der Waals surface area contributed by atoms with Crippen LogP contribution in [0.2, 0.25) is 0 Å². The first-order valence-corrected chi connectivity index (χ1v) is 5.65. The standard InChI is InChI=1S/C11H22N2O2/c1-7(8(2)12)11(14)13-9-5-4-6-10(9)15-3/h7-10H,4-6,12H2,1-3H3,(H,13,14). The normalized spacial score (nSPS) is 29.9. The summed E-state index contributed by atoms with van der Waals surface area (Å²) in [6, 6.07) is 0.0658. The Balaban J connectivity index is 2.43. The molecule has 1 aliphatic rings. The lowest BCUT2D eigenvalue weighted by Gasteiger charge is -2.23. The molecule has 0 saturated heterocycles. The Morgan fingerprint density at radius 2 is 2.13 bits per heavy atom. The molecule has 1 saturated carbocycles. The molecule has 1 fully saturated rings. The third-order valence-electron chi connectivity index (χ3n) is 3.29. The topological polar surface area (TPSA) is 64.3 Å². The van der Waals surface area contributed by atoms with Crippen molar-refractivity contribution in [1.29, 1.82) is 0 Å². The van der Waals surface area contributed by atoms with E-state index in [1.54, 1.807) is 7.11 Å². The summed E-state index contributed by atoms with van der Waals surface area (Å²) in [4.78, 5) is 11.8. The first-order chi connectivity index (χ1) is 7.06. The van der Waals surface area contributed by atoms with Gasteiger partial charge in [0.05, 0.1) is 12.1 Å². The van der Waals surface area contributed by atoms with Gasteiger partial charge in [-0.15, -0.1) is 0 Å². The Hall–Kier alpha value is -0.610. The van der Waals surface area contributed by atoms with Crippen molar-refractivity contribution in [3.05, 3.63) is 0 Å². The highest BCUT2D eigenvalue weighted by atomic mass is 16.5. The third kappa shape index (κ3) is 3.18. The lowest BCUT2D eigenvalue weighted by molar-refractivity contribution is -0.126. The number of nitrogens with two attached hydrogens (primary N) is 1. The maximum atomic E-state index is 11.8. The highest BCUT2D eigenvalue weighted by molar-refractivity contribution is 5.79. The number of methoxy groups -OCH3 is 1. The van der Waals surface area contributed by atoms with E-state index in [1.165, 1.54) is 0 Å². The van der Waals surface area contributed by atoms with Gasteiger partial charge >= 0.3 is 0 Å². The van der Waals surface area contributed by atoms with Crippen LogP contribution in [0.5, 0.6) is 0 Å². The van der Waals surface area contributed by atoms with E-state index in [1.807, 2.05) is 13.8 Å². The van der Waals surface area contributed by atoms with E-state index in [-0.39, 0.29) is 30.0 Å². The Labute approximate surface area is 91.5 Å². The van der Waals surface area contributed by atoms with E-state index < -0.39 is 0 Å². The molecule has 0 aromatic carbocycles. The molecule has 15 heavy (non-hydrogen) atoms. The number of hydrogen-bond donors (Lipinski definition) is 2. The molecular weight excluding hydrogens is 192 g/mol. The van der Waals surface area contributed by atoms with Crippen LogP contribution in [-0.4, -0.2) is 31.2 Å². The first kappa shape index (κ1) is 12.5. The number of carbonyl (C=O) groups is 1. The van der Waals surface area contributed by atoms with Gasteiger partial charge in [0, 0.05) is 19.1 Å². The highest BCUT2D eigenvalue weighted by Gasteiger charge is 2.30. The van der Waals surface area contributed by atoms with Crippen molar-refractivity contribution in [3.8, 4) is 0 Å². The summed E-state index contributed by atoms with van der Waals surface area (Å²) in [5.74, 6) is -0.0953. The van der Waals surface area contributed by atoms with Gasteiger partial charge in [0.15, 0.2) is 0 Å². The Kier molecular flexibility index (Phi) is 4.54. The van der Waals surface area contributed by atoms with Crippen molar-refractivity contribution in [2.45, 2.75) is 51.3 Å². The summed E-state index contributed by atoms with van der Waals surface area (Å²) in [6.45, 7) is 3.71. The second-order valence-electron chi connectivity index (χ2n) is 4.47. The molecule has 0 aromatic heterocycles. The Morgan fingerprint density at radius 3 is 2.67 bits per heavy atom. The highest BCUT2D eigenvalue weighted by Crippen LogP contribution is 2.21. The van der Waals surface area contributed by atoms with Gasteiger partial charge in [-0.2, -0.15) is 0 Å². The van der Waals surface area contributed by atoms with Gasteiger partial charge in [-0.05, 0) is 26.2 Å². The monoisotopic (exact) mass is 214 g/mol. The smallest absolute Gasteiger partial charge is 0.224 e. The molecule has 0 aliphatic heterocycles. The fraction of sp³-hybridized carbons (Fsp3) is 0.909. The molecule has 0 bridgehead atoms. The molecular formula is C11H22N2O2. The molecule has 0 heterocycles. The minimum Gasteiger partial charge on any atom is -0.379 e. The number of nitrogens with one attached hydrogen (secondary N) is 1. The Bertz CT molecular complexity index is 219. The third-order valence-corrected chi connectivity index (χ3v) is 3.29. The van der Waals surface area contributed by atoms with Gasteiger partial charge in [0.1, 0.15) is 0 Å². The zero-order valence-electron chi connectivity index (χ0n) is 9.82. The summed E-state index contributed by atoms with van der Waals surface area (Å²) >= 11 is 0. The van der Waals surface area contributed by atoms with Gasteiger partial charge < -0.3 is 15.8 Å². The maximum absolute atomic E-state index is 11.8. The van der Waals surface area contributed by atoms with Crippen LogP contribution in [-0.2, 0) is 9.53 Å². The van der Waals surface area contributed by atoms with Crippen LogP contribution in [0, 0.1) is 5.92 Å². The van der Waals surface area contributed by atoms with Crippen LogP contribution >= 0.6 is 0 Å². The van der Waals surface area contributed by atoms with Crippen molar-refractivity contribution in [2.75, 3.05) is 7.11 Å².